The molecule has 0 radical (unpaired) electrons. The fourth-order valence-electron chi connectivity index (χ4n) is 4.60. The molecule has 1 saturated carbocycles. The normalized spacial score (nSPS) is 24.6. The van der Waals surface area contributed by atoms with E-state index >= 15 is 0 Å². The van der Waals surface area contributed by atoms with E-state index in [0.29, 0.717) is 25.1 Å². The van der Waals surface area contributed by atoms with Crippen molar-refractivity contribution in [3.05, 3.63) is 77.4 Å². The molecule has 3 aliphatic rings. The molecule has 27 heavy (non-hydrogen) atoms. The van der Waals surface area contributed by atoms with Crippen molar-refractivity contribution in [2.75, 3.05) is 13.1 Å². The average Bonchev–Trinajstić information content (AvgIpc) is 3.34. The summed E-state index contributed by atoms with van der Waals surface area (Å²) >= 11 is 0. The second-order valence-electron chi connectivity index (χ2n) is 7.81. The molecule has 2 aliphatic heterocycles. The monoisotopic (exact) mass is 359 g/mol. The molecule has 5 rings (SSSR count). The molecule has 0 N–H and O–H groups in total. The Morgan fingerprint density at radius 1 is 1.07 bits per heavy atom. The lowest BCUT2D eigenvalue weighted by Gasteiger charge is -2.27. The molecule has 0 aromatic heterocycles. The summed E-state index contributed by atoms with van der Waals surface area (Å²) in [5.41, 5.74) is 2.59. The molecule has 4 nitrogen and oxygen atoms in total. The number of esters is 1. The topological polar surface area (TPSA) is 46.6 Å². The molecule has 2 aromatic rings. The number of fused-ring (bicyclic) bond motifs is 2. The van der Waals surface area contributed by atoms with Gasteiger partial charge in [-0.15, -0.1) is 0 Å². The van der Waals surface area contributed by atoms with Gasteiger partial charge < -0.3 is 9.64 Å². The number of rotatable bonds is 3. The second kappa shape index (κ2) is 5.56. The largest absolute Gasteiger partial charge is 0.449 e. The van der Waals surface area contributed by atoms with E-state index in [2.05, 4.69) is 6.58 Å². The SMILES string of the molecule is C=Cc1ccc(C2(C(=O)N3CCC4(C3)OC(=O)c3ccccc34)CC2)cc1. The van der Waals surface area contributed by atoms with E-state index in [1.165, 1.54) is 0 Å². The molecule has 2 fully saturated rings. The van der Waals surface area contributed by atoms with Gasteiger partial charge in [0, 0.05) is 18.5 Å². The molecular formula is C23H21NO3. The molecule has 1 unspecified atom stereocenters. The Morgan fingerprint density at radius 3 is 2.52 bits per heavy atom. The van der Waals surface area contributed by atoms with Crippen LogP contribution in [0, 0.1) is 0 Å². The summed E-state index contributed by atoms with van der Waals surface area (Å²) < 4.78 is 5.79. The van der Waals surface area contributed by atoms with Gasteiger partial charge in [0.1, 0.15) is 0 Å². The number of likely N-dealkylation sites (tertiary alicyclic amines) is 1. The fraction of sp³-hybridized carbons (Fsp3) is 0.304. The summed E-state index contributed by atoms with van der Waals surface area (Å²) in [6.45, 7) is 4.85. The predicted octanol–water partition coefficient (Wildman–Crippen LogP) is 3.66. The molecule has 0 bridgehead atoms. The minimum atomic E-state index is -0.674. The summed E-state index contributed by atoms with van der Waals surface area (Å²) in [5.74, 6) is -0.118. The van der Waals surface area contributed by atoms with Crippen molar-refractivity contribution in [3.63, 3.8) is 0 Å². The molecule has 1 amide bonds. The molecule has 4 heteroatoms. The number of carbonyl (C=O) groups excluding carboxylic acids is 2. The highest BCUT2D eigenvalue weighted by atomic mass is 16.6. The van der Waals surface area contributed by atoms with Gasteiger partial charge in [0.05, 0.1) is 17.5 Å². The van der Waals surface area contributed by atoms with Crippen LogP contribution < -0.4 is 0 Å². The van der Waals surface area contributed by atoms with E-state index in [0.717, 1.165) is 29.5 Å². The zero-order valence-corrected chi connectivity index (χ0v) is 15.1. The number of hydrogen-bond acceptors (Lipinski definition) is 3. The van der Waals surface area contributed by atoms with Gasteiger partial charge in [-0.25, -0.2) is 4.79 Å². The highest BCUT2D eigenvalue weighted by molar-refractivity contribution is 5.96. The molecule has 1 atom stereocenters. The standard InChI is InChI=1S/C23H21NO3/c1-2-16-7-9-17(10-8-16)22(11-12-22)21(26)24-14-13-23(15-24)19-6-4-3-5-18(19)20(25)27-23/h2-10H,1,11-15H2. The smallest absolute Gasteiger partial charge is 0.339 e. The third-order valence-corrected chi connectivity index (χ3v) is 6.30. The van der Waals surface area contributed by atoms with Crippen molar-refractivity contribution in [3.8, 4) is 0 Å². The van der Waals surface area contributed by atoms with Crippen molar-refractivity contribution in [2.24, 2.45) is 0 Å². The maximum atomic E-state index is 13.4. The van der Waals surface area contributed by atoms with E-state index in [-0.39, 0.29) is 11.9 Å². The minimum Gasteiger partial charge on any atom is -0.449 e. The van der Waals surface area contributed by atoms with Crippen LogP contribution in [0.5, 0.6) is 0 Å². The molecule has 1 spiro atoms. The van der Waals surface area contributed by atoms with Crippen molar-refractivity contribution < 1.29 is 14.3 Å². The predicted molar refractivity (Wildman–Crippen MR) is 102 cm³/mol. The molecule has 136 valence electrons. The van der Waals surface area contributed by atoms with Gasteiger partial charge in [0.2, 0.25) is 5.91 Å². The van der Waals surface area contributed by atoms with Crippen LogP contribution in [0.25, 0.3) is 6.08 Å². The highest BCUT2D eigenvalue weighted by Gasteiger charge is 2.57. The zero-order valence-electron chi connectivity index (χ0n) is 15.1. The van der Waals surface area contributed by atoms with Gasteiger partial charge in [-0.3, -0.25) is 4.79 Å². The Balaban J connectivity index is 1.41. The van der Waals surface area contributed by atoms with Gasteiger partial charge in [-0.05, 0) is 30.0 Å². The van der Waals surface area contributed by atoms with Gasteiger partial charge >= 0.3 is 5.97 Å². The Morgan fingerprint density at radius 2 is 1.81 bits per heavy atom. The van der Waals surface area contributed by atoms with Crippen LogP contribution >= 0.6 is 0 Å². The van der Waals surface area contributed by atoms with E-state index in [9.17, 15) is 9.59 Å². The van der Waals surface area contributed by atoms with Crippen molar-refractivity contribution in [1.82, 2.24) is 4.90 Å². The fourth-order valence-corrected chi connectivity index (χ4v) is 4.60. The van der Waals surface area contributed by atoms with Crippen LogP contribution in [0.15, 0.2) is 55.1 Å². The first-order chi connectivity index (χ1) is 13.1. The van der Waals surface area contributed by atoms with Crippen LogP contribution in [-0.2, 0) is 20.5 Å². The number of amides is 1. The van der Waals surface area contributed by atoms with Crippen molar-refractivity contribution in [2.45, 2.75) is 30.3 Å². The number of benzene rings is 2. The molecule has 2 aromatic carbocycles. The molecule has 2 heterocycles. The van der Waals surface area contributed by atoms with Crippen LogP contribution in [0.4, 0.5) is 0 Å². The molecular weight excluding hydrogens is 338 g/mol. The lowest BCUT2D eigenvalue weighted by atomic mass is 9.91. The number of carbonyl (C=O) groups is 2. The Bertz CT molecular complexity index is 958. The van der Waals surface area contributed by atoms with Crippen LogP contribution in [0.2, 0.25) is 0 Å². The average molecular weight is 359 g/mol. The lowest BCUT2D eigenvalue weighted by Crippen LogP contribution is -2.40. The van der Waals surface area contributed by atoms with Crippen LogP contribution in [-0.4, -0.2) is 29.9 Å². The van der Waals surface area contributed by atoms with E-state index in [1.54, 1.807) is 12.1 Å². The van der Waals surface area contributed by atoms with Crippen LogP contribution in [0.1, 0.15) is 46.3 Å². The lowest BCUT2D eigenvalue weighted by molar-refractivity contribution is -0.134. The second-order valence-corrected chi connectivity index (χ2v) is 7.81. The number of nitrogens with zero attached hydrogens (tertiary/aromatic N) is 1. The van der Waals surface area contributed by atoms with Gasteiger partial charge in [-0.1, -0.05) is 55.1 Å². The highest BCUT2D eigenvalue weighted by Crippen LogP contribution is 2.52. The van der Waals surface area contributed by atoms with Crippen LogP contribution in [0.3, 0.4) is 0 Å². The Labute approximate surface area is 158 Å². The zero-order chi connectivity index (χ0) is 18.6. The number of ether oxygens (including phenoxy) is 1. The first-order valence-corrected chi connectivity index (χ1v) is 9.43. The Kier molecular flexibility index (Phi) is 3.36. The number of hydrogen-bond donors (Lipinski definition) is 0. The first-order valence-electron chi connectivity index (χ1n) is 9.43. The Hall–Kier alpha value is -2.88. The quantitative estimate of drug-likeness (QED) is 0.786. The summed E-state index contributed by atoms with van der Waals surface area (Å²) in [7, 11) is 0. The first kappa shape index (κ1) is 16.3. The molecule has 1 aliphatic carbocycles. The van der Waals surface area contributed by atoms with E-state index in [1.807, 2.05) is 47.4 Å². The van der Waals surface area contributed by atoms with E-state index < -0.39 is 11.0 Å². The van der Waals surface area contributed by atoms with Gasteiger partial charge in [0.25, 0.3) is 0 Å². The summed E-state index contributed by atoms with van der Waals surface area (Å²) in [6, 6.07) is 15.6. The van der Waals surface area contributed by atoms with E-state index in [4.69, 9.17) is 4.74 Å². The maximum absolute atomic E-state index is 13.4. The third-order valence-electron chi connectivity index (χ3n) is 6.30. The van der Waals surface area contributed by atoms with Crippen molar-refractivity contribution >= 4 is 18.0 Å². The minimum absolute atomic E-state index is 0.158. The molecule has 1 saturated heterocycles. The summed E-state index contributed by atoms with van der Waals surface area (Å²) in [4.78, 5) is 27.5. The summed E-state index contributed by atoms with van der Waals surface area (Å²) in [6.07, 6.45) is 4.21. The third kappa shape index (κ3) is 2.29. The maximum Gasteiger partial charge on any atom is 0.339 e. The van der Waals surface area contributed by atoms with Gasteiger partial charge in [0.15, 0.2) is 5.60 Å². The van der Waals surface area contributed by atoms with Crippen molar-refractivity contribution in [1.29, 1.82) is 0 Å². The summed E-state index contributed by atoms with van der Waals surface area (Å²) in [5, 5.41) is 0. The van der Waals surface area contributed by atoms with Gasteiger partial charge in [-0.2, -0.15) is 0 Å².